The van der Waals surface area contributed by atoms with Gasteiger partial charge in [-0.25, -0.2) is 14.5 Å². The van der Waals surface area contributed by atoms with E-state index in [0.717, 1.165) is 10.5 Å². The van der Waals surface area contributed by atoms with Crippen LogP contribution in [-0.4, -0.2) is 47.5 Å². The average Bonchev–Trinajstić information content (AvgIpc) is 3.12. The van der Waals surface area contributed by atoms with Gasteiger partial charge in [-0.1, -0.05) is 30.3 Å². The van der Waals surface area contributed by atoms with Crippen LogP contribution in [0.4, 0.5) is 10.5 Å². The smallest absolute Gasteiger partial charge is 0.335 e. The third kappa shape index (κ3) is 5.36. The van der Waals surface area contributed by atoms with Crippen LogP contribution in [0.5, 0.6) is 5.75 Å². The molecule has 3 N–H and O–H groups in total. The molecule has 0 saturated carbocycles. The lowest BCUT2D eigenvalue weighted by molar-refractivity contribution is -0.127. The molecular formula is C26H21N3O6. The molecule has 1 aliphatic heterocycles. The maximum Gasteiger partial charge on any atom is 0.335 e. The van der Waals surface area contributed by atoms with Crippen LogP contribution in [0.25, 0.3) is 17.2 Å². The highest BCUT2D eigenvalue weighted by Crippen LogP contribution is 2.23. The Balaban J connectivity index is 1.47. The Bertz CT molecular complexity index is 1350. The number of hydrogen-bond donors (Lipinski definition) is 3. The van der Waals surface area contributed by atoms with E-state index in [-0.39, 0.29) is 11.3 Å². The molecule has 35 heavy (non-hydrogen) atoms. The molecule has 4 rings (SSSR count). The van der Waals surface area contributed by atoms with Crippen LogP contribution in [0.2, 0.25) is 0 Å². The molecule has 0 aromatic heterocycles. The third-order valence-electron chi connectivity index (χ3n) is 5.28. The molecule has 9 heteroatoms. The van der Waals surface area contributed by atoms with Crippen molar-refractivity contribution in [3.63, 3.8) is 0 Å². The van der Waals surface area contributed by atoms with Crippen LogP contribution in [0.1, 0.15) is 15.9 Å². The number of nitrogens with zero attached hydrogens (tertiary/aromatic N) is 1. The molecule has 3 aromatic rings. The van der Waals surface area contributed by atoms with E-state index < -0.39 is 30.4 Å². The monoisotopic (exact) mass is 471 g/mol. The normalized spacial score (nSPS) is 14.1. The summed E-state index contributed by atoms with van der Waals surface area (Å²) >= 11 is 0. The Morgan fingerprint density at radius 1 is 1.00 bits per heavy atom. The molecule has 176 valence electrons. The number of ether oxygens (including phenoxy) is 1. The summed E-state index contributed by atoms with van der Waals surface area (Å²) in [4.78, 5) is 49.6. The summed E-state index contributed by atoms with van der Waals surface area (Å²) in [7, 11) is 1.53. The highest BCUT2D eigenvalue weighted by molar-refractivity contribution is 6.16. The van der Waals surface area contributed by atoms with Crippen molar-refractivity contribution in [2.75, 3.05) is 19.0 Å². The number of amides is 4. The van der Waals surface area contributed by atoms with E-state index in [1.165, 1.54) is 19.3 Å². The number of carbonyl (C=O) groups excluding carboxylic acids is 3. The largest absolute Gasteiger partial charge is 0.497 e. The van der Waals surface area contributed by atoms with Gasteiger partial charge in [-0.05, 0) is 65.2 Å². The van der Waals surface area contributed by atoms with Gasteiger partial charge in [0.1, 0.15) is 18.0 Å². The average molecular weight is 471 g/mol. The Morgan fingerprint density at radius 3 is 2.37 bits per heavy atom. The second-order valence-corrected chi connectivity index (χ2v) is 7.67. The third-order valence-corrected chi connectivity index (χ3v) is 5.28. The highest BCUT2D eigenvalue weighted by Gasteiger charge is 2.34. The fraction of sp³-hybridized carbons (Fsp3) is 0.0769. The molecule has 1 saturated heterocycles. The Kier molecular flexibility index (Phi) is 6.59. The van der Waals surface area contributed by atoms with Crippen LogP contribution < -0.4 is 15.4 Å². The summed E-state index contributed by atoms with van der Waals surface area (Å²) in [6, 6.07) is 19.5. The van der Waals surface area contributed by atoms with E-state index in [4.69, 9.17) is 4.74 Å². The molecule has 0 radical (unpaired) electrons. The first-order chi connectivity index (χ1) is 16.8. The zero-order valence-corrected chi connectivity index (χ0v) is 18.6. The summed E-state index contributed by atoms with van der Waals surface area (Å²) in [5.74, 6) is -1.55. The van der Waals surface area contributed by atoms with E-state index in [1.807, 2.05) is 6.07 Å². The molecule has 9 nitrogen and oxygen atoms in total. The maximum absolute atomic E-state index is 12.8. The Labute approximate surface area is 200 Å². The van der Waals surface area contributed by atoms with Gasteiger partial charge in [0.05, 0.1) is 12.7 Å². The van der Waals surface area contributed by atoms with E-state index in [1.54, 1.807) is 60.7 Å². The molecular weight excluding hydrogens is 450 g/mol. The first kappa shape index (κ1) is 23.2. The zero-order chi connectivity index (χ0) is 24.9. The zero-order valence-electron chi connectivity index (χ0n) is 18.6. The van der Waals surface area contributed by atoms with Crippen LogP contribution >= 0.6 is 0 Å². The van der Waals surface area contributed by atoms with Gasteiger partial charge in [0.15, 0.2) is 0 Å². The van der Waals surface area contributed by atoms with Gasteiger partial charge in [0.25, 0.3) is 5.91 Å². The van der Waals surface area contributed by atoms with E-state index in [2.05, 4.69) is 10.6 Å². The van der Waals surface area contributed by atoms with Crippen molar-refractivity contribution in [3.05, 3.63) is 89.6 Å². The van der Waals surface area contributed by atoms with Gasteiger partial charge in [0, 0.05) is 5.69 Å². The standard InChI is InChI=1S/C26H21N3O6/c1-35-21-10-8-20(9-11-21)27-23(30)15-29-24(31)22(28-26(29)34)13-16-4-2-5-17(12-16)18-6-3-7-19(14-18)25(32)33/h2-14H,15H2,1H3,(H,27,30)(H,28,34)(H,32,33)/b22-13-. The molecule has 4 amide bonds. The van der Waals surface area contributed by atoms with Crippen LogP contribution in [0.15, 0.2) is 78.5 Å². The minimum Gasteiger partial charge on any atom is -0.497 e. The van der Waals surface area contributed by atoms with Crippen LogP contribution in [0, 0.1) is 0 Å². The van der Waals surface area contributed by atoms with Crippen molar-refractivity contribution in [3.8, 4) is 16.9 Å². The quantitative estimate of drug-likeness (QED) is 0.357. The predicted molar refractivity (Wildman–Crippen MR) is 129 cm³/mol. The van der Waals surface area contributed by atoms with E-state index in [9.17, 15) is 24.3 Å². The van der Waals surface area contributed by atoms with Gasteiger partial charge >= 0.3 is 12.0 Å². The molecule has 0 spiro atoms. The fourth-order valence-corrected chi connectivity index (χ4v) is 3.54. The van der Waals surface area contributed by atoms with Crippen LogP contribution in [0.3, 0.4) is 0 Å². The first-order valence-electron chi connectivity index (χ1n) is 10.6. The minimum absolute atomic E-state index is 0.0312. The number of benzene rings is 3. The summed E-state index contributed by atoms with van der Waals surface area (Å²) in [5, 5.41) is 14.3. The lowest BCUT2D eigenvalue weighted by Crippen LogP contribution is -2.38. The lowest BCUT2D eigenvalue weighted by Gasteiger charge is -2.12. The van der Waals surface area contributed by atoms with Crippen molar-refractivity contribution in [2.45, 2.75) is 0 Å². The molecule has 0 unspecified atom stereocenters. The predicted octanol–water partition coefficient (Wildman–Crippen LogP) is 3.59. The number of carbonyl (C=O) groups is 4. The topological polar surface area (TPSA) is 125 Å². The van der Waals surface area contributed by atoms with Crippen molar-refractivity contribution >= 4 is 35.6 Å². The minimum atomic E-state index is -1.03. The van der Waals surface area contributed by atoms with Crippen molar-refractivity contribution < 1.29 is 29.0 Å². The van der Waals surface area contributed by atoms with Crippen LogP contribution in [-0.2, 0) is 9.59 Å². The van der Waals surface area contributed by atoms with Gasteiger partial charge in [0.2, 0.25) is 5.91 Å². The number of carboxylic acids is 1. The Morgan fingerprint density at radius 2 is 1.69 bits per heavy atom. The summed E-state index contributed by atoms with van der Waals surface area (Å²) in [6.45, 7) is -0.448. The summed E-state index contributed by atoms with van der Waals surface area (Å²) < 4.78 is 5.07. The fourth-order valence-electron chi connectivity index (χ4n) is 3.54. The van der Waals surface area contributed by atoms with Crippen molar-refractivity contribution in [2.24, 2.45) is 0 Å². The summed E-state index contributed by atoms with van der Waals surface area (Å²) in [6.07, 6.45) is 1.51. The number of imide groups is 1. The number of rotatable bonds is 7. The number of carboxylic acid groups (broad SMARTS) is 1. The summed E-state index contributed by atoms with van der Waals surface area (Å²) in [5.41, 5.74) is 2.76. The van der Waals surface area contributed by atoms with E-state index >= 15 is 0 Å². The van der Waals surface area contributed by atoms with Gasteiger partial charge < -0.3 is 20.5 Å². The molecule has 0 aliphatic carbocycles. The number of urea groups is 1. The molecule has 0 bridgehead atoms. The number of methoxy groups -OCH3 is 1. The number of nitrogens with one attached hydrogen (secondary N) is 2. The molecule has 1 heterocycles. The van der Waals surface area contributed by atoms with Gasteiger partial charge in [-0.3, -0.25) is 9.59 Å². The molecule has 1 aliphatic rings. The second-order valence-electron chi connectivity index (χ2n) is 7.67. The molecule has 3 aromatic carbocycles. The number of aromatic carboxylic acids is 1. The van der Waals surface area contributed by atoms with Gasteiger partial charge in [-0.2, -0.15) is 0 Å². The highest BCUT2D eigenvalue weighted by atomic mass is 16.5. The van der Waals surface area contributed by atoms with Gasteiger partial charge in [-0.15, -0.1) is 0 Å². The first-order valence-corrected chi connectivity index (χ1v) is 10.6. The Hall–Kier alpha value is -4.92. The molecule has 1 fully saturated rings. The van der Waals surface area contributed by atoms with Crippen molar-refractivity contribution in [1.29, 1.82) is 0 Å². The number of anilines is 1. The SMILES string of the molecule is COc1ccc(NC(=O)CN2C(=O)N/C(=C\c3cccc(-c4cccc(C(=O)O)c4)c3)C2=O)cc1. The number of hydrogen-bond acceptors (Lipinski definition) is 5. The maximum atomic E-state index is 12.8. The second kappa shape index (κ2) is 9.92. The van der Waals surface area contributed by atoms with Crippen molar-refractivity contribution in [1.82, 2.24) is 10.2 Å². The van der Waals surface area contributed by atoms with E-state index in [0.29, 0.717) is 22.6 Å². The molecule has 0 atom stereocenters. The lowest BCUT2D eigenvalue weighted by atomic mass is 10.0.